The van der Waals surface area contributed by atoms with Crippen molar-refractivity contribution in [1.29, 1.82) is 0 Å². The second-order valence-electron chi connectivity index (χ2n) is 6.18. The standard InChI is InChI=1S/C20H16ClN5O2S/c1-12-13(2)26(11-24-12)18-9-19(23-10-22-18)28-15-5-3-14(4-6-15)25-20(27)16-7-8-17(21)29-16/h3-11H,1-2H3,(H,25,27). The molecule has 3 aromatic heterocycles. The molecule has 4 rings (SSSR count). The number of imidazole rings is 1. The minimum atomic E-state index is -0.206. The summed E-state index contributed by atoms with van der Waals surface area (Å²) in [6.45, 7) is 3.92. The minimum Gasteiger partial charge on any atom is -0.439 e. The van der Waals surface area contributed by atoms with Gasteiger partial charge in [-0.15, -0.1) is 11.3 Å². The van der Waals surface area contributed by atoms with Crippen LogP contribution in [0.4, 0.5) is 5.69 Å². The highest BCUT2D eigenvalue weighted by Gasteiger charge is 2.10. The van der Waals surface area contributed by atoms with Crippen LogP contribution in [0.5, 0.6) is 11.6 Å². The molecule has 0 atom stereocenters. The van der Waals surface area contributed by atoms with Crippen LogP contribution in [0.25, 0.3) is 5.82 Å². The maximum Gasteiger partial charge on any atom is 0.265 e. The van der Waals surface area contributed by atoms with Crippen molar-refractivity contribution in [3.63, 3.8) is 0 Å². The average Bonchev–Trinajstić information content (AvgIpc) is 3.30. The number of hydrogen-bond donors (Lipinski definition) is 1. The number of halogens is 1. The van der Waals surface area contributed by atoms with E-state index in [0.29, 0.717) is 32.3 Å². The molecule has 29 heavy (non-hydrogen) atoms. The van der Waals surface area contributed by atoms with Gasteiger partial charge in [0.15, 0.2) is 0 Å². The summed E-state index contributed by atoms with van der Waals surface area (Å²) in [5.74, 6) is 1.46. The summed E-state index contributed by atoms with van der Waals surface area (Å²) >= 11 is 7.10. The van der Waals surface area contributed by atoms with Gasteiger partial charge in [0, 0.05) is 17.4 Å². The van der Waals surface area contributed by atoms with E-state index in [1.54, 1.807) is 48.8 Å². The molecular weight excluding hydrogens is 410 g/mol. The maximum absolute atomic E-state index is 12.2. The lowest BCUT2D eigenvalue weighted by molar-refractivity contribution is 0.103. The van der Waals surface area contributed by atoms with Crippen LogP contribution in [0.15, 0.2) is 55.1 Å². The van der Waals surface area contributed by atoms with Crippen molar-refractivity contribution >= 4 is 34.5 Å². The van der Waals surface area contributed by atoms with Gasteiger partial charge in [0.05, 0.1) is 14.9 Å². The minimum absolute atomic E-state index is 0.206. The van der Waals surface area contributed by atoms with Crippen molar-refractivity contribution in [2.24, 2.45) is 0 Å². The first-order valence-corrected chi connectivity index (χ1v) is 9.86. The molecule has 9 heteroatoms. The second kappa shape index (κ2) is 8.02. The van der Waals surface area contributed by atoms with Gasteiger partial charge in [-0.2, -0.15) is 0 Å². The van der Waals surface area contributed by atoms with Gasteiger partial charge in [-0.3, -0.25) is 9.36 Å². The van der Waals surface area contributed by atoms with E-state index >= 15 is 0 Å². The summed E-state index contributed by atoms with van der Waals surface area (Å²) in [5, 5.41) is 2.82. The molecule has 0 saturated heterocycles. The van der Waals surface area contributed by atoms with Crippen LogP contribution < -0.4 is 10.1 Å². The van der Waals surface area contributed by atoms with Gasteiger partial charge in [0.2, 0.25) is 5.88 Å². The number of carbonyl (C=O) groups is 1. The Morgan fingerprint density at radius 3 is 2.55 bits per heavy atom. The zero-order chi connectivity index (χ0) is 20.4. The Kier molecular flexibility index (Phi) is 5.28. The van der Waals surface area contributed by atoms with Crippen molar-refractivity contribution in [1.82, 2.24) is 19.5 Å². The number of anilines is 1. The molecule has 0 aliphatic carbocycles. The summed E-state index contributed by atoms with van der Waals surface area (Å²) in [6.07, 6.45) is 3.16. The highest BCUT2D eigenvalue weighted by molar-refractivity contribution is 7.18. The Morgan fingerprint density at radius 1 is 1.10 bits per heavy atom. The molecule has 0 fully saturated rings. The lowest BCUT2D eigenvalue weighted by Gasteiger charge is -2.09. The quantitative estimate of drug-likeness (QED) is 0.484. The molecule has 1 aromatic carbocycles. The highest BCUT2D eigenvalue weighted by atomic mass is 35.5. The molecule has 0 radical (unpaired) electrons. The van der Waals surface area contributed by atoms with E-state index < -0.39 is 0 Å². The zero-order valence-electron chi connectivity index (χ0n) is 15.6. The largest absolute Gasteiger partial charge is 0.439 e. The molecular formula is C20H16ClN5O2S. The Balaban J connectivity index is 1.46. The molecule has 0 aliphatic heterocycles. The molecule has 3 heterocycles. The molecule has 7 nitrogen and oxygen atoms in total. The predicted molar refractivity (Wildman–Crippen MR) is 112 cm³/mol. The van der Waals surface area contributed by atoms with Gasteiger partial charge in [0.1, 0.15) is 24.2 Å². The van der Waals surface area contributed by atoms with Crippen LogP contribution in [0, 0.1) is 13.8 Å². The number of hydrogen-bond acceptors (Lipinski definition) is 6. The lowest BCUT2D eigenvalue weighted by Crippen LogP contribution is -2.09. The molecule has 1 N–H and O–H groups in total. The molecule has 0 unspecified atom stereocenters. The number of amides is 1. The Labute approximate surface area is 176 Å². The van der Waals surface area contributed by atoms with Gasteiger partial charge in [-0.25, -0.2) is 15.0 Å². The van der Waals surface area contributed by atoms with Crippen LogP contribution in [0.1, 0.15) is 21.1 Å². The SMILES string of the molecule is Cc1ncn(-c2cc(Oc3ccc(NC(=O)c4ccc(Cl)s4)cc3)ncn2)c1C. The van der Waals surface area contributed by atoms with Gasteiger partial charge in [-0.1, -0.05) is 11.6 Å². The fourth-order valence-electron chi connectivity index (χ4n) is 2.60. The monoisotopic (exact) mass is 425 g/mol. The van der Waals surface area contributed by atoms with Crippen LogP contribution in [0.2, 0.25) is 4.34 Å². The van der Waals surface area contributed by atoms with E-state index in [1.807, 2.05) is 18.4 Å². The molecule has 4 aromatic rings. The molecule has 0 spiro atoms. The number of ether oxygens (including phenoxy) is 1. The van der Waals surface area contributed by atoms with Crippen molar-refractivity contribution in [2.75, 3.05) is 5.32 Å². The summed E-state index contributed by atoms with van der Waals surface area (Å²) < 4.78 is 8.27. The van der Waals surface area contributed by atoms with Crippen molar-refractivity contribution in [3.05, 3.63) is 75.7 Å². The van der Waals surface area contributed by atoms with E-state index in [9.17, 15) is 4.79 Å². The van der Waals surface area contributed by atoms with Gasteiger partial charge in [0.25, 0.3) is 5.91 Å². The molecule has 0 bridgehead atoms. The van der Waals surface area contributed by atoms with E-state index in [-0.39, 0.29) is 5.91 Å². The average molecular weight is 426 g/mol. The molecule has 146 valence electrons. The third-order valence-corrected chi connectivity index (χ3v) is 5.49. The number of thiophene rings is 1. The normalized spacial score (nSPS) is 10.7. The Morgan fingerprint density at radius 2 is 1.90 bits per heavy atom. The summed E-state index contributed by atoms with van der Waals surface area (Å²) in [6, 6.07) is 12.2. The Bertz CT molecular complexity index is 1170. The zero-order valence-corrected chi connectivity index (χ0v) is 17.2. The fourth-order valence-corrected chi connectivity index (χ4v) is 3.54. The van der Waals surface area contributed by atoms with Crippen LogP contribution in [0.3, 0.4) is 0 Å². The molecule has 0 aliphatic rings. The first-order chi connectivity index (χ1) is 14.0. The van der Waals surface area contributed by atoms with Gasteiger partial charge in [-0.05, 0) is 50.2 Å². The van der Waals surface area contributed by atoms with Crippen LogP contribution in [-0.2, 0) is 0 Å². The molecule has 1 amide bonds. The van der Waals surface area contributed by atoms with Crippen molar-refractivity contribution in [2.45, 2.75) is 13.8 Å². The number of carbonyl (C=O) groups excluding carboxylic acids is 1. The van der Waals surface area contributed by atoms with Crippen LogP contribution in [-0.4, -0.2) is 25.4 Å². The fraction of sp³-hybridized carbons (Fsp3) is 0.100. The molecule has 0 saturated carbocycles. The van der Waals surface area contributed by atoms with E-state index in [0.717, 1.165) is 11.4 Å². The number of aromatic nitrogens is 4. The van der Waals surface area contributed by atoms with E-state index in [1.165, 1.54) is 17.7 Å². The van der Waals surface area contributed by atoms with E-state index in [2.05, 4.69) is 20.3 Å². The number of nitrogens with zero attached hydrogens (tertiary/aromatic N) is 4. The Hall–Kier alpha value is -3.23. The first kappa shape index (κ1) is 19.1. The van der Waals surface area contributed by atoms with E-state index in [4.69, 9.17) is 16.3 Å². The summed E-state index contributed by atoms with van der Waals surface area (Å²) in [7, 11) is 0. The smallest absolute Gasteiger partial charge is 0.265 e. The topological polar surface area (TPSA) is 81.9 Å². The van der Waals surface area contributed by atoms with Crippen LogP contribution >= 0.6 is 22.9 Å². The van der Waals surface area contributed by atoms with Gasteiger partial charge < -0.3 is 10.1 Å². The predicted octanol–water partition coefficient (Wildman–Crippen LogP) is 5.04. The van der Waals surface area contributed by atoms with Crippen molar-refractivity contribution < 1.29 is 9.53 Å². The number of rotatable bonds is 5. The number of nitrogens with one attached hydrogen (secondary N) is 1. The van der Waals surface area contributed by atoms with Crippen molar-refractivity contribution in [3.8, 4) is 17.4 Å². The number of benzene rings is 1. The second-order valence-corrected chi connectivity index (χ2v) is 7.90. The third-order valence-electron chi connectivity index (χ3n) is 4.26. The summed E-state index contributed by atoms with van der Waals surface area (Å²) in [5.41, 5.74) is 2.59. The first-order valence-electron chi connectivity index (χ1n) is 8.67. The highest BCUT2D eigenvalue weighted by Crippen LogP contribution is 2.25. The lowest BCUT2D eigenvalue weighted by atomic mass is 10.3. The van der Waals surface area contributed by atoms with Gasteiger partial charge >= 0.3 is 0 Å². The number of aryl methyl sites for hydroxylation is 1. The summed E-state index contributed by atoms with van der Waals surface area (Å²) in [4.78, 5) is 25.5. The maximum atomic E-state index is 12.2. The third kappa shape index (κ3) is 4.28.